The van der Waals surface area contributed by atoms with E-state index in [9.17, 15) is 0 Å². The van der Waals surface area contributed by atoms with Crippen molar-refractivity contribution in [2.75, 3.05) is 4.90 Å². The topological polar surface area (TPSA) is 3.24 Å². The lowest BCUT2D eigenvalue weighted by molar-refractivity contribution is 0.420. The van der Waals surface area contributed by atoms with Gasteiger partial charge >= 0.3 is 0 Å². The molecule has 0 aliphatic heterocycles. The van der Waals surface area contributed by atoms with Crippen LogP contribution in [-0.2, 0) is 5.41 Å². The van der Waals surface area contributed by atoms with Gasteiger partial charge in [0.1, 0.15) is 0 Å². The summed E-state index contributed by atoms with van der Waals surface area (Å²) < 4.78 is 0. The molecule has 0 saturated heterocycles. The predicted octanol–water partition coefficient (Wildman–Crippen LogP) is 15.1. The van der Waals surface area contributed by atoms with Crippen LogP contribution in [0.15, 0.2) is 109 Å². The molecule has 2 bridgehead atoms. The summed E-state index contributed by atoms with van der Waals surface area (Å²) in [6.07, 6.45) is 19.3. The maximum absolute atomic E-state index is 2.60. The molecule has 0 spiro atoms. The number of hydrogen-bond acceptors (Lipinski definition) is 1. The van der Waals surface area contributed by atoms with Crippen molar-refractivity contribution in [3.63, 3.8) is 0 Å². The van der Waals surface area contributed by atoms with Gasteiger partial charge < -0.3 is 4.90 Å². The van der Waals surface area contributed by atoms with Crippen LogP contribution in [0.1, 0.15) is 149 Å². The number of hydrogen-bond donors (Lipinski definition) is 0. The molecule has 0 aromatic heterocycles. The van der Waals surface area contributed by atoms with E-state index in [1.165, 1.54) is 151 Å². The van der Waals surface area contributed by atoms with Gasteiger partial charge in [0, 0.05) is 22.5 Å². The van der Waals surface area contributed by atoms with E-state index in [1.54, 1.807) is 5.56 Å². The van der Waals surface area contributed by atoms with Crippen LogP contribution in [0.25, 0.3) is 22.3 Å². The van der Waals surface area contributed by atoms with Gasteiger partial charge in [-0.3, -0.25) is 0 Å². The summed E-state index contributed by atoms with van der Waals surface area (Å²) in [5.41, 5.74) is 16.8. The molecule has 3 atom stereocenters. The van der Waals surface area contributed by atoms with E-state index in [2.05, 4.69) is 128 Å². The number of nitrogens with zero attached hydrogens (tertiary/aromatic N) is 1. The summed E-state index contributed by atoms with van der Waals surface area (Å²) in [5, 5.41) is 0. The smallest absolute Gasteiger partial charge is 0.0496 e. The minimum absolute atomic E-state index is 0.0983. The molecule has 4 saturated carbocycles. The molecule has 5 aromatic carbocycles. The molecule has 0 amide bonds. The highest BCUT2D eigenvalue weighted by Crippen LogP contribution is 2.54. The SMILES string of the molecule is CC1(C)c2cc(-c3ccc(C4CCCCC4)cc3)ccc2-c2ccc(N(c3ccc(C4CC5CCC4C5)cc3)c3ccccc3C3CCCCC3)cc21. The molecule has 5 aliphatic carbocycles. The Hall–Kier alpha value is -4.10. The lowest BCUT2D eigenvalue weighted by Crippen LogP contribution is -2.18. The minimum atomic E-state index is -0.0983. The van der Waals surface area contributed by atoms with Crippen LogP contribution < -0.4 is 4.90 Å². The molecule has 1 nitrogen and oxygen atoms in total. The monoisotopic (exact) mass is 695 g/mol. The van der Waals surface area contributed by atoms with Gasteiger partial charge in [0.05, 0.1) is 0 Å². The maximum Gasteiger partial charge on any atom is 0.0496 e. The molecular weight excluding hydrogens is 639 g/mol. The van der Waals surface area contributed by atoms with E-state index < -0.39 is 0 Å². The number of anilines is 3. The third kappa shape index (κ3) is 5.98. The molecule has 10 rings (SSSR count). The summed E-state index contributed by atoms with van der Waals surface area (Å²) in [5.74, 6) is 3.99. The summed E-state index contributed by atoms with van der Waals surface area (Å²) in [7, 11) is 0. The van der Waals surface area contributed by atoms with Gasteiger partial charge in [-0.15, -0.1) is 0 Å². The second-order valence-corrected chi connectivity index (χ2v) is 18.2. The standard InChI is InChI=1S/C52H57N/c1-52(2)49-33-41(38-21-19-37(20-22-38)36-11-5-3-6-12-36)25-29-46(49)47-30-28-44(34-50(47)52)53(51-16-10-9-15-45(51)39-13-7-4-8-14-39)43-26-23-40(24-27-43)48-32-35-17-18-42(48)31-35/h9-10,15-16,19-30,33-36,39,42,48H,3-8,11-14,17-18,31-32H2,1-2H3. The van der Waals surface area contributed by atoms with E-state index in [4.69, 9.17) is 0 Å². The molecule has 1 heteroatoms. The van der Waals surface area contributed by atoms with Gasteiger partial charge in [0.15, 0.2) is 0 Å². The predicted molar refractivity (Wildman–Crippen MR) is 224 cm³/mol. The zero-order valence-corrected chi connectivity index (χ0v) is 32.1. The number of benzene rings is 5. The zero-order chi connectivity index (χ0) is 35.5. The lowest BCUT2D eigenvalue weighted by atomic mass is 9.81. The first-order valence-electron chi connectivity index (χ1n) is 21.4. The van der Waals surface area contributed by atoms with Crippen LogP contribution >= 0.6 is 0 Å². The van der Waals surface area contributed by atoms with Gasteiger partial charge in [0.25, 0.3) is 0 Å². The van der Waals surface area contributed by atoms with Gasteiger partial charge in [0.2, 0.25) is 0 Å². The largest absolute Gasteiger partial charge is 0.310 e. The van der Waals surface area contributed by atoms with Gasteiger partial charge in [-0.05, 0) is 161 Å². The van der Waals surface area contributed by atoms with Crippen molar-refractivity contribution in [2.24, 2.45) is 11.8 Å². The van der Waals surface area contributed by atoms with Crippen LogP contribution in [0.5, 0.6) is 0 Å². The van der Waals surface area contributed by atoms with Gasteiger partial charge in [-0.2, -0.15) is 0 Å². The quantitative estimate of drug-likeness (QED) is 0.164. The fraction of sp³-hybridized carbons (Fsp3) is 0.423. The summed E-state index contributed by atoms with van der Waals surface area (Å²) in [6, 6.07) is 43.4. The van der Waals surface area contributed by atoms with E-state index in [0.717, 1.165) is 23.7 Å². The van der Waals surface area contributed by atoms with Crippen LogP contribution in [0.2, 0.25) is 0 Å². The average molecular weight is 696 g/mol. The van der Waals surface area contributed by atoms with E-state index in [-0.39, 0.29) is 5.41 Å². The van der Waals surface area contributed by atoms with Crippen molar-refractivity contribution in [1.82, 2.24) is 0 Å². The number of rotatable bonds is 7. The highest BCUT2D eigenvalue weighted by atomic mass is 15.1. The average Bonchev–Trinajstić information content (AvgIpc) is 3.92. The zero-order valence-electron chi connectivity index (χ0n) is 32.1. The molecule has 53 heavy (non-hydrogen) atoms. The Labute approximate surface area is 318 Å². The van der Waals surface area contributed by atoms with Gasteiger partial charge in [-0.25, -0.2) is 0 Å². The summed E-state index contributed by atoms with van der Waals surface area (Å²) in [6.45, 7) is 4.89. The maximum atomic E-state index is 2.60. The fourth-order valence-corrected chi connectivity index (χ4v) is 11.8. The Bertz CT molecular complexity index is 2090. The highest BCUT2D eigenvalue weighted by Gasteiger charge is 2.40. The number of fused-ring (bicyclic) bond motifs is 5. The van der Waals surface area contributed by atoms with Gasteiger partial charge in [-0.1, -0.05) is 132 Å². The van der Waals surface area contributed by atoms with Crippen molar-refractivity contribution in [3.05, 3.63) is 137 Å². The van der Waals surface area contributed by atoms with Crippen molar-refractivity contribution in [3.8, 4) is 22.3 Å². The van der Waals surface area contributed by atoms with Crippen LogP contribution in [0.4, 0.5) is 17.1 Å². The first-order chi connectivity index (χ1) is 26.0. The fourth-order valence-electron chi connectivity index (χ4n) is 11.8. The molecular formula is C52H57N. The molecule has 0 N–H and O–H groups in total. The second-order valence-electron chi connectivity index (χ2n) is 18.2. The molecule has 270 valence electrons. The molecule has 5 aliphatic rings. The molecule has 5 aromatic rings. The Morgan fingerprint density at radius 1 is 0.509 bits per heavy atom. The van der Waals surface area contributed by atoms with Crippen molar-refractivity contribution in [1.29, 1.82) is 0 Å². The normalized spacial score (nSPS) is 23.5. The molecule has 0 radical (unpaired) electrons. The van der Waals surface area contributed by atoms with E-state index in [1.807, 2.05) is 0 Å². The summed E-state index contributed by atoms with van der Waals surface area (Å²) in [4.78, 5) is 2.60. The number of para-hydroxylation sites is 1. The molecule has 4 fully saturated rings. The van der Waals surface area contributed by atoms with Crippen molar-refractivity contribution in [2.45, 2.75) is 127 Å². The molecule has 0 heterocycles. The Kier molecular flexibility index (Phi) is 8.61. The first kappa shape index (κ1) is 33.5. The van der Waals surface area contributed by atoms with Crippen molar-refractivity contribution < 1.29 is 0 Å². The Balaban J connectivity index is 1.01. The van der Waals surface area contributed by atoms with Crippen LogP contribution in [0.3, 0.4) is 0 Å². The van der Waals surface area contributed by atoms with Crippen LogP contribution in [0, 0.1) is 11.8 Å². The minimum Gasteiger partial charge on any atom is -0.310 e. The van der Waals surface area contributed by atoms with E-state index in [0.29, 0.717) is 5.92 Å². The van der Waals surface area contributed by atoms with Crippen molar-refractivity contribution >= 4 is 17.1 Å². The third-order valence-corrected chi connectivity index (χ3v) is 14.8. The summed E-state index contributed by atoms with van der Waals surface area (Å²) >= 11 is 0. The highest BCUT2D eigenvalue weighted by molar-refractivity contribution is 5.87. The Morgan fingerprint density at radius 2 is 1.13 bits per heavy atom. The van der Waals surface area contributed by atoms with Crippen LogP contribution in [-0.4, -0.2) is 0 Å². The lowest BCUT2D eigenvalue weighted by Gasteiger charge is -2.33. The first-order valence-corrected chi connectivity index (χ1v) is 21.4. The van der Waals surface area contributed by atoms with E-state index >= 15 is 0 Å². The Morgan fingerprint density at radius 3 is 1.83 bits per heavy atom. The molecule has 3 unspecified atom stereocenters. The third-order valence-electron chi connectivity index (χ3n) is 14.8. The second kappa shape index (κ2) is 13.6.